The summed E-state index contributed by atoms with van der Waals surface area (Å²) in [6.07, 6.45) is 1.84. The van der Waals surface area contributed by atoms with Gasteiger partial charge in [-0.05, 0) is 84.0 Å². The van der Waals surface area contributed by atoms with Crippen LogP contribution in [0.5, 0.6) is 5.75 Å². The first-order chi connectivity index (χ1) is 14.8. The standard InChI is InChI=1S/C23H18BrClN2O2S2/c1-14-7-8-15(2)26(14)27-22(28)21(31-23(27)30)12-16-9-10-20(18(24)11-16)29-13-17-5-3-4-6-19(17)25/h3-12H,13H2,1-2H3/b21-12+. The smallest absolute Gasteiger partial charge is 0.285 e. The van der Waals surface area contributed by atoms with Crippen LogP contribution in [0.1, 0.15) is 22.5 Å². The molecule has 1 amide bonds. The summed E-state index contributed by atoms with van der Waals surface area (Å²) < 4.78 is 9.05. The molecule has 1 aromatic heterocycles. The SMILES string of the molecule is Cc1ccc(C)n1N1C(=O)/C(=C\c2ccc(OCc3ccccc3Cl)c(Br)c2)SC1=S. The van der Waals surface area contributed by atoms with Crippen LogP contribution in [-0.2, 0) is 11.4 Å². The van der Waals surface area contributed by atoms with Crippen molar-refractivity contribution in [1.82, 2.24) is 4.68 Å². The topological polar surface area (TPSA) is 34.5 Å². The van der Waals surface area contributed by atoms with Crippen LogP contribution in [0.15, 0.2) is 64.0 Å². The third-order valence-corrected chi connectivity index (χ3v) is 7.07. The van der Waals surface area contributed by atoms with Crippen LogP contribution in [0.2, 0.25) is 5.02 Å². The van der Waals surface area contributed by atoms with Gasteiger partial charge in [-0.3, -0.25) is 9.47 Å². The lowest BCUT2D eigenvalue weighted by Gasteiger charge is -2.20. The molecule has 0 radical (unpaired) electrons. The number of amides is 1. The quantitative estimate of drug-likeness (QED) is 0.272. The number of aryl methyl sites for hydroxylation is 2. The van der Waals surface area contributed by atoms with Gasteiger partial charge in [0.05, 0.1) is 9.38 Å². The number of carbonyl (C=O) groups excluding carboxylic acids is 1. The zero-order valence-corrected chi connectivity index (χ0v) is 20.7. The molecule has 0 saturated carbocycles. The molecule has 2 aromatic carbocycles. The van der Waals surface area contributed by atoms with E-state index in [9.17, 15) is 4.79 Å². The van der Waals surface area contributed by atoms with E-state index in [4.69, 9.17) is 28.6 Å². The van der Waals surface area contributed by atoms with Crippen molar-refractivity contribution in [1.29, 1.82) is 0 Å². The van der Waals surface area contributed by atoms with Gasteiger partial charge in [-0.25, -0.2) is 0 Å². The number of rotatable bonds is 5. The number of thioether (sulfide) groups is 1. The summed E-state index contributed by atoms with van der Waals surface area (Å²) in [5.41, 5.74) is 3.70. The molecule has 1 aliphatic heterocycles. The summed E-state index contributed by atoms with van der Waals surface area (Å²) in [5, 5.41) is 2.22. The van der Waals surface area contributed by atoms with Crippen molar-refractivity contribution in [2.45, 2.75) is 20.5 Å². The molecular weight excluding hydrogens is 516 g/mol. The van der Waals surface area contributed by atoms with Crippen molar-refractivity contribution in [3.63, 3.8) is 0 Å². The van der Waals surface area contributed by atoms with E-state index in [1.54, 1.807) is 5.01 Å². The number of nitrogens with zero attached hydrogens (tertiary/aromatic N) is 2. The van der Waals surface area contributed by atoms with Crippen LogP contribution < -0.4 is 9.75 Å². The average molecular weight is 534 g/mol. The third kappa shape index (κ3) is 4.60. The molecule has 2 heterocycles. The molecule has 158 valence electrons. The van der Waals surface area contributed by atoms with Crippen molar-refractivity contribution in [3.05, 3.63) is 91.5 Å². The second kappa shape index (κ2) is 9.20. The molecular formula is C23H18BrClN2O2S2. The van der Waals surface area contributed by atoms with E-state index >= 15 is 0 Å². The predicted molar refractivity (Wildman–Crippen MR) is 135 cm³/mol. The highest BCUT2D eigenvalue weighted by Gasteiger charge is 2.34. The molecule has 0 unspecified atom stereocenters. The van der Waals surface area contributed by atoms with Crippen molar-refractivity contribution in [3.8, 4) is 5.75 Å². The molecule has 0 N–H and O–H groups in total. The first-order valence-corrected chi connectivity index (χ1v) is 11.8. The summed E-state index contributed by atoms with van der Waals surface area (Å²) in [5.74, 6) is 0.566. The minimum absolute atomic E-state index is 0.132. The normalized spacial score (nSPS) is 15.2. The molecule has 8 heteroatoms. The molecule has 31 heavy (non-hydrogen) atoms. The van der Waals surface area contributed by atoms with E-state index in [0.717, 1.165) is 27.0 Å². The van der Waals surface area contributed by atoms with Gasteiger partial charge in [0, 0.05) is 22.0 Å². The van der Waals surface area contributed by atoms with Gasteiger partial charge in [0.25, 0.3) is 5.91 Å². The summed E-state index contributed by atoms with van der Waals surface area (Å²) in [7, 11) is 0. The fourth-order valence-electron chi connectivity index (χ4n) is 3.25. The van der Waals surface area contributed by atoms with Crippen molar-refractivity contribution < 1.29 is 9.53 Å². The lowest BCUT2D eigenvalue weighted by atomic mass is 10.2. The van der Waals surface area contributed by atoms with Gasteiger partial charge >= 0.3 is 0 Å². The highest BCUT2D eigenvalue weighted by molar-refractivity contribution is 9.10. The maximum absolute atomic E-state index is 13.0. The van der Waals surface area contributed by atoms with Crippen LogP contribution in [-0.4, -0.2) is 14.9 Å². The van der Waals surface area contributed by atoms with Gasteiger partial charge in [0.15, 0.2) is 4.32 Å². The lowest BCUT2D eigenvalue weighted by Crippen LogP contribution is -2.39. The number of halogens is 2. The lowest BCUT2D eigenvalue weighted by molar-refractivity contribution is -0.114. The Balaban J connectivity index is 1.53. The zero-order valence-electron chi connectivity index (χ0n) is 16.8. The Morgan fingerprint density at radius 2 is 1.84 bits per heavy atom. The van der Waals surface area contributed by atoms with Crippen LogP contribution >= 0.6 is 51.5 Å². The van der Waals surface area contributed by atoms with Gasteiger partial charge < -0.3 is 4.74 Å². The number of hydrogen-bond acceptors (Lipinski definition) is 4. The fraction of sp³-hybridized carbons (Fsp3) is 0.130. The first-order valence-electron chi connectivity index (χ1n) is 9.44. The summed E-state index contributed by atoms with van der Waals surface area (Å²) in [6.45, 7) is 4.27. The molecule has 4 nitrogen and oxygen atoms in total. The molecule has 1 fully saturated rings. The molecule has 0 spiro atoms. The largest absolute Gasteiger partial charge is 0.488 e. The monoisotopic (exact) mass is 532 g/mol. The van der Waals surface area contributed by atoms with Gasteiger partial charge in [0.1, 0.15) is 12.4 Å². The minimum Gasteiger partial charge on any atom is -0.488 e. The highest BCUT2D eigenvalue weighted by Crippen LogP contribution is 2.34. The van der Waals surface area contributed by atoms with E-state index in [1.165, 1.54) is 11.8 Å². The van der Waals surface area contributed by atoms with Gasteiger partial charge in [-0.15, -0.1) is 0 Å². The Bertz CT molecular complexity index is 1200. The van der Waals surface area contributed by atoms with E-state index in [-0.39, 0.29) is 5.91 Å². The Labute approximate surface area is 203 Å². The molecule has 0 aliphatic carbocycles. The van der Waals surface area contributed by atoms with E-state index < -0.39 is 0 Å². The first kappa shape index (κ1) is 22.1. The van der Waals surface area contributed by atoms with E-state index in [2.05, 4.69) is 15.9 Å². The minimum atomic E-state index is -0.132. The van der Waals surface area contributed by atoms with Gasteiger partial charge in [-0.1, -0.05) is 47.6 Å². The molecule has 4 rings (SSSR count). The number of aromatic nitrogens is 1. The zero-order chi connectivity index (χ0) is 22.1. The number of benzene rings is 2. The van der Waals surface area contributed by atoms with Crippen molar-refractivity contribution in [2.75, 3.05) is 5.01 Å². The second-order valence-electron chi connectivity index (χ2n) is 6.99. The third-order valence-electron chi connectivity index (χ3n) is 4.80. The van der Waals surface area contributed by atoms with Crippen LogP contribution in [0.4, 0.5) is 0 Å². The Kier molecular flexibility index (Phi) is 6.57. The predicted octanol–water partition coefficient (Wildman–Crippen LogP) is 6.64. The Morgan fingerprint density at radius 1 is 1.13 bits per heavy atom. The van der Waals surface area contributed by atoms with Gasteiger partial charge in [-0.2, -0.15) is 5.01 Å². The second-order valence-corrected chi connectivity index (χ2v) is 9.93. The van der Waals surface area contributed by atoms with Crippen molar-refractivity contribution >= 4 is 67.8 Å². The maximum atomic E-state index is 13.0. The molecule has 0 atom stereocenters. The average Bonchev–Trinajstić information content (AvgIpc) is 3.19. The molecule has 1 saturated heterocycles. The van der Waals surface area contributed by atoms with Crippen LogP contribution in [0.25, 0.3) is 6.08 Å². The number of ether oxygens (including phenoxy) is 1. The molecule has 1 aliphatic rings. The van der Waals surface area contributed by atoms with E-state index in [1.807, 2.05) is 79.2 Å². The Morgan fingerprint density at radius 3 is 2.52 bits per heavy atom. The summed E-state index contributed by atoms with van der Waals surface area (Å²) in [6, 6.07) is 17.2. The van der Waals surface area contributed by atoms with E-state index in [0.29, 0.717) is 26.6 Å². The maximum Gasteiger partial charge on any atom is 0.285 e. The summed E-state index contributed by atoms with van der Waals surface area (Å²) in [4.78, 5) is 13.6. The summed E-state index contributed by atoms with van der Waals surface area (Å²) >= 11 is 16.5. The number of hydrogen-bond donors (Lipinski definition) is 0. The highest BCUT2D eigenvalue weighted by atomic mass is 79.9. The van der Waals surface area contributed by atoms with Crippen molar-refractivity contribution in [2.24, 2.45) is 0 Å². The van der Waals surface area contributed by atoms with Crippen LogP contribution in [0.3, 0.4) is 0 Å². The Hall–Kier alpha value is -2.06. The van der Waals surface area contributed by atoms with Gasteiger partial charge in [0.2, 0.25) is 0 Å². The molecule has 3 aromatic rings. The van der Waals surface area contributed by atoms with Crippen LogP contribution in [0, 0.1) is 13.8 Å². The molecule has 0 bridgehead atoms. The number of carbonyl (C=O) groups is 1. The number of thiocarbonyl (C=S) groups is 1. The fourth-order valence-corrected chi connectivity index (χ4v) is 5.20.